The van der Waals surface area contributed by atoms with Gasteiger partial charge in [0.25, 0.3) is 0 Å². The van der Waals surface area contributed by atoms with Gasteiger partial charge in [0.15, 0.2) is 0 Å². The molecule has 8 heteroatoms. The Labute approximate surface area is 136 Å². The van der Waals surface area contributed by atoms with Gasteiger partial charge < -0.3 is 20.5 Å². The summed E-state index contributed by atoms with van der Waals surface area (Å²) in [5, 5.41) is 14.8. The number of rotatable bonds is 6. The SMILES string of the molecule is O=C(NCC(O)c1cccc(OC(F)F)c1)Nc1cccc(F)c1. The zero-order valence-electron chi connectivity index (χ0n) is 12.4. The van der Waals surface area contributed by atoms with Crippen molar-refractivity contribution in [3.63, 3.8) is 0 Å². The van der Waals surface area contributed by atoms with Crippen LogP contribution in [-0.4, -0.2) is 24.3 Å². The number of benzene rings is 2. The van der Waals surface area contributed by atoms with Crippen LogP contribution in [0.1, 0.15) is 11.7 Å². The Morgan fingerprint density at radius 1 is 1.17 bits per heavy atom. The molecule has 3 N–H and O–H groups in total. The molecule has 2 aromatic carbocycles. The lowest BCUT2D eigenvalue weighted by molar-refractivity contribution is -0.0499. The number of halogens is 3. The number of anilines is 1. The molecule has 0 bridgehead atoms. The zero-order chi connectivity index (χ0) is 17.5. The first-order chi connectivity index (χ1) is 11.4. The number of urea groups is 1. The summed E-state index contributed by atoms with van der Waals surface area (Å²) in [7, 11) is 0. The maximum Gasteiger partial charge on any atom is 0.387 e. The van der Waals surface area contributed by atoms with Crippen molar-refractivity contribution in [1.82, 2.24) is 5.32 Å². The molecule has 0 spiro atoms. The van der Waals surface area contributed by atoms with Crippen molar-refractivity contribution in [3.05, 3.63) is 59.9 Å². The van der Waals surface area contributed by atoms with Crippen LogP contribution < -0.4 is 15.4 Å². The molecular formula is C16H15F3N2O3. The van der Waals surface area contributed by atoms with E-state index < -0.39 is 24.6 Å². The fraction of sp³-hybridized carbons (Fsp3) is 0.188. The van der Waals surface area contributed by atoms with E-state index in [1.54, 1.807) is 0 Å². The highest BCUT2D eigenvalue weighted by Crippen LogP contribution is 2.20. The lowest BCUT2D eigenvalue weighted by Gasteiger charge is -2.14. The van der Waals surface area contributed by atoms with E-state index in [-0.39, 0.29) is 18.0 Å². The van der Waals surface area contributed by atoms with Crippen LogP contribution in [0.4, 0.5) is 23.7 Å². The predicted molar refractivity (Wildman–Crippen MR) is 81.5 cm³/mol. The molecular weight excluding hydrogens is 325 g/mol. The molecule has 0 aliphatic carbocycles. The van der Waals surface area contributed by atoms with E-state index in [9.17, 15) is 23.1 Å². The standard InChI is InChI=1S/C16H15F3N2O3/c17-11-4-2-5-12(8-11)21-16(23)20-9-14(22)10-3-1-6-13(7-10)24-15(18)19/h1-8,14-15,22H,9H2,(H2,20,21,23). The number of nitrogens with one attached hydrogen (secondary N) is 2. The Hall–Kier alpha value is -2.74. The summed E-state index contributed by atoms with van der Waals surface area (Å²) in [6.07, 6.45) is -1.12. The third kappa shape index (κ3) is 5.47. The molecule has 0 saturated carbocycles. The number of carbonyl (C=O) groups excluding carboxylic acids is 1. The van der Waals surface area contributed by atoms with Gasteiger partial charge in [-0.15, -0.1) is 0 Å². The van der Waals surface area contributed by atoms with Gasteiger partial charge in [0, 0.05) is 12.2 Å². The lowest BCUT2D eigenvalue weighted by atomic mass is 10.1. The van der Waals surface area contributed by atoms with Crippen molar-refractivity contribution in [3.8, 4) is 5.75 Å². The maximum atomic E-state index is 13.0. The second-order valence-electron chi connectivity index (χ2n) is 4.81. The van der Waals surface area contributed by atoms with Crippen LogP contribution in [0.15, 0.2) is 48.5 Å². The van der Waals surface area contributed by atoms with Crippen molar-refractivity contribution in [2.24, 2.45) is 0 Å². The molecule has 0 saturated heterocycles. The molecule has 0 heterocycles. The molecule has 1 atom stereocenters. The number of alkyl halides is 2. The van der Waals surface area contributed by atoms with E-state index in [0.29, 0.717) is 5.56 Å². The first kappa shape index (κ1) is 17.6. The number of aliphatic hydroxyl groups is 1. The fourth-order valence-corrected chi connectivity index (χ4v) is 1.95. The molecule has 0 aromatic heterocycles. The van der Waals surface area contributed by atoms with E-state index in [1.165, 1.54) is 42.5 Å². The minimum absolute atomic E-state index is 0.0919. The number of amides is 2. The molecule has 1 unspecified atom stereocenters. The van der Waals surface area contributed by atoms with E-state index in [1.807, 2.05) is 0 Å². The Kier molecular flexibility index (Phi) is 6.02. The van der Waals surface area contributed by atoms with Crippen molar-refractivity contribution < 1.29 is 27.8 Å². The van der Waals surface area contributed by atoms with Crippen LogP contribution >= 0.6 is 0 Å². The number of hydrogen-bond acceptors (Lipinski definition) is 3. The van der Waals surface area contributed by atoms with Crippen molar-refractivity contribution >= 4 is 11.7 Å². The van der Waals surface area contributed by atoms with Gasteiger partial charge in [0.1, 0.15) is 11.6 Å². The fourth-order valence-electron chi connectivity index (χ4n) is 1.95. The smallest absolute Gasteiger partial charge is 0.387 e. The van der Waals surface area contributed by atoms with Gasteiger partial charge in [-0.05, 0) is 35.9 Å². The van der Waals surface area contributed by atoms with Crippen LogP contribution in [0, 0.1) is 5.82 Å². The average molecular weight is 340 g/mol. The summed E-state index contributed by atoms with van der Waals surface area (Å²) < 4.78 is 41.6. The third-order valence-electron chi connectivity index (χ3n) is 3.01. The van der Waals surface area contributed by atoms with Gasteiger partial charge in [-0.25, -0.2) is 9.18 Å². The van der Waals surface area contributed by atoms with Crippen molar-refractivity contribution in [2.45, 2.75) is 12.7 Å². The van der Waals surface area contributed by atoms with Crippen LogP contribution in [-0.2, 0) is 0 Å². The summed E-state index contributed by atoms with van der Waals surface area (Å²) in [6.45, 7) is -3.13. The average Bonchev–Trinajstić information content (AvgIpc) is 2.52. The molecule has 0 aliphatic rings. The number of aliphatic hydroxyl groups excluding tert-OH is 1. The van der Waals surface area contributed by atoms with Crippen LogP contribution in [0.5, 0.6) is 5.75 Å². The predicted octanol–water partition coefficient (Wildman–Crippen LogP) is 3.28. The van der Waals surface area contributed by atoms with Crippen LogP contribution in [0.25, 0.3) is 0 Å². The van der Waals surface area contributed by atoms with E-state index in [0.717, 1.165) is 6.07 Å². The topological polar surface area (TPSA) is 70.6 Å². The second-order valence-corrected chi connectivity index (χ2v) is 4.81. The van der Waals surface area contributed by atoms with E-state index >= 15 is 0 Å². The van der Waals surface area contributed by atoms with Gasteiger partial charge in [-0.3, -0.25) is 0 Å². The lowest BCUT2D eigenvalue weighted by Crippen LogP contribution is -2.32. The monoisotopic (exact) mass is 340 g/mol. The highest BCUT2D eigenvalue weighted by Gasteiger charge is 2.12. The Bertz CT molecular complexity index is 698. The Morgan fingerprint density at radius 2 is 1.92 bits per heavy atom. The number of ether oxygens (including phenoxy) is 1. The van der Waals surface area contributed by atoms with Crippen molar-refractivity contribution in [1.29, 1.82) is 0 Å². The summed E-state index contributed by atoms with van der Waals surface area (Å²) in [5.41, 5.74) is 0.563. The quantitative estimate of drug-likeness (QED) is 0.756. The molecule has 0 aliphatic heterocycles. The second kappa shape index (κ2) is 8.21. The highest BCUT2D eigenvalue weighted by molar-refractivity contribution is 5.89. The molecule has 2 aromatic rings. The van der Waals surface area contributed by atoms with Gasteiger partial charge in [0.05, 0.1) is 6.10 Å². The first-order valence-electron chi connectivity index (χ1n) is 6.97. The summed E-state index contributed by atoms with van der Waals surface area (Å²) in [5.74, 6) is -0.588. The zero-order valence-corrected chi connectivity index (χ0v) is 12.4. The van der Waals surface area contributed by atoms with Gasteiger partial charge in [-0.1, -0.05) is 18.2 Å². The molecule has 5 nitrogen and oxygen atoms in total. The van der Waals surface area contributed by atoms with Gasteiger partial charge in [-0.2, -0.15) is 8.78 Å². The molecule has 0 fully saturated rings. The van der Waals surface area contributed by atoms with E-state index in [2.05, 4.69) is 15.4 Å². The summed E-state index contributed by atoms with van der Waals surface area (Å²) in [6, 6.07) is 10.2. The summed E-state index contributed by atoms with van der Waals surface area (Å²) >= 11 is 0. The summed E-state index contributed by atoms with van der Waals surface area (Å²) in [4.78, 5) is 11.7. The minimum Gasteiger partial charge on any atom is -0.435 e. The van der Waals surface area contributed by atoms with Crippen molar-refractivity contribution in [2.75, 3.05) is 11.9 Å². The van der Waals surface area contributed by atoms with Gasteiger partial charge in [0.2, 0.25) is 0 Å². The minimum atomic E-state index is -2.97. The molecule has 2 rings (SSSR count). The maximum absolute atomic E-state index is 13.0. The molecule has 128 valence electrons. The van der Waals surface area contributed by atoms with Crippen LogP contribution in [0.3, 0.4) is 0 Å². The molecule has 2 amide bonds. The molecule has 24 heavy (non-hydrogen) atoms. The Balaban J connectivity index is 1.88. The van der Waals surface area contributed by atoms with Crippen LogP contribution in [0.2, 0.25) is 0 Å². The first-order valence-corrected chi connectivity index (χ1v) is 6.97. The number of carbonyl (C=O) groups is 1. The number of hydrogen-bond donors (Lipinski definition) is 3. The van der Waals surface area contributed by atoms with E-state index in [4.69, 9.17) is 0 Å². The molecule has 0 radical (unpaired) electrons. The Morgan fingerprint density at radius 3 is 2.62 bits per heavy atom. The highest BCUT2D eigenvalue weighted by atomic mass is 19.3. The third-order valence-corrected chi connectivity index (χ3v) is 3.01. The normalized spacial score (nSPS) is 11.9. The van der Waals surface area contributed by atoms with Gasteiger partial charge >= 0.3 is 12.6 Å². The largest absolute Gasteiger partial charge is 0.435 e.